The third kappa shape index (κ3) is 5.49. The summed E-state index contributed by atoms with van der Waals surface area (Å²) < 4.78 is 7.04. The number of aromatic nitrogens is 2. The average molecular weight is 549 g/mol. The van der Waals surface area contributed by atoms with E-state index in [-0.39, 0.29) is 24.1 Å². The largest absolute Gasteiger partial charge is 0.381 e. The number of hydrogen-bond acceptors (Lipinski definition) is 5. The smallest absolute Gasteiger partial charge is 0.262 e. The molecule has 3 fully saturated rings. The zero-order valence-corrected chi connectivity index (χ0v) is 23.5. The van der Waals surface area contributed by atoms with E-state index >= 15 is 0 Å². The Morgan fingerprint density at radius 2 is 1.92 bits per heavy atom. The number of nitrogens with one attached hydrogen (secondary N) is 1. The van der Waals surface area contributed by atoms with Gasteiger partial charge in [-0.3, -0.25) is 14.2 Å². The first-order chi connectivity index (χ1) is 18.8. The summed E-state index contributed by atoms with van der Waals surface area (Å²) in [6, 6.07) is 13.3. The number of rotatable bonds is 7. The minimum Gasteiger partial charge on any atom is -0.381 e. The van der Waals surface area contributed by atoms with Gasteiger partial charge in [-0.05, 0) is 81.2 Å². The third-order valence-corrected chi connectivity index (χ3v) is 8.94. The average Bonchev–Trinajstić information content (AvgIpc) is 2.86. The normalized spacial score (nSPS) is 22.6. The Kier molecular flexibility index (Phi) is 7.25. The molecule has 0 bridgehead atoms. The molecular formula is C31H37ClN4O3. The van der Waals surface area contributed by atoms with Crippen molar-refractivity contribution in [1.82, 2.24) is 19.8 Å². The summed E-state index contributed by atoms with van der Waals surface area (Å²) in [4.78, 5) is 34.0. The van der Waals surface area contributed by atoms with Gasteiger partial charge in [-0.2, -0.15) is 0 Å². The molecule has 6 rings (SSSR count). The second-order valence-corrected chi connectivity index (χ2v) is 12.6. The van der Waals surface area contributed by atoms with Gasteiger partial charge in [0.05, 0.1) is 10.9 Å². The summed E-state index contributed by atoms with van der Waals surface area (Å²) in [7, 11) is 0. The fourth-order valence-corrected chi connectivity index (χ4v) is 6.86. The maximum Gasteiger partial charge on any atom is 0.262 e. The van der Waals surface area contributed by atoms with Crippen molar-refractivity contribution in [2.24, 2.45) is 11.3 Å². The predicted octanol–water partition coefficient (Wildman–Crippen LogP) is 4.85. The number of carbonyl (C=O) groups excluding carboxylic acids is 1. The van der Waals surface area contributed by atoms with Gasteiger partial charge in [0, 0.05) is 54.9 Å². The molecule has 39 heavy (non-hydrogen) atoms. The van der Waals surface area contributed by atoms with E-state index in [4.69, 9.17) is 21.3 Å². The SMILES string of the molecule is CC(C)NC(=O)Cn1c(-c2cccc(Cl)c2)nc2ccc([C@H]3C[C@H](CN4CC5(CCOCC5)C4)C3)cc2c1=O. The van der Waals surface area contributed by atoms with Gasteiger partial charge in [0.15, 0.2) is 0 Å². The van der Waals surface area contributed by atoms with Crippen LogP contribution in [0.5, 0.6) is 0 Å². The van der Waals surface area contributed by atoms with Gasteiger partial charge in [0.25, 0.3) is 5.56 Å². The van der Waals surface area contributed by atoms with Crippen LogP contribution in [0.4, 0.5) is 0 Å². The molecule has 0 unspecified atom stereocenters. The Hall–Kier alpha value is -2.74. The number of fused-ring (bicyclic) bond motifs is 1. The molecule has 3 aromatic rings. The van der Waals surface area contributed by atoms with Crippen LogP contribution in [0.1, 0.15) is 51.0 Å². The van der Waals surface area contributed by atoms with Crippen molar-refractivity contribution < 1.29 is 9.53 Å². The van der Waals surface area contributed by atoms with E-state index in [0.29, 0.717) is 44.6 Å². The first-order valence-electron chi connectivity index (χ1n) is 14.2. The summed E-state index contributed by atoms with van der Waals surface area (Å²) >= 11 is 6.25. The van der Waals surface area contributed by atoms with Gasteiger partial charge in [-0.15, -0.1) is 0 Å². The molecular weight excluding hydrogens is 512 g/mol. The molecule has 7 nitrogen and oxygen atoms in total. The van der Waals surface area contributed by atoms with Crippen LogP contribution in [0.25, 0.3) is 22.3 Å². The lowest BCUT2D eigenvalue weighted by molar-refractivity contribution is -0.122. The molecule has 0 atom stereocenters. The molecule has 1 saturated carbocycles. The number of nitrogens with zero attached hydrogens (tertiary/aromatic N) is 3. The zero-order valence-electron chi connectivity index (χ0n) is 22.8. The molecule has 3 aliphatic rings. The Morgan fingerprint density at radius 3 is 2.64 bits per heavy atom. The molecule has 8 heteroatoms. The number of benzene rings is 2. The Balaban J connectivity index is 1.21. The molecule has 1 spiro atoms. The summed E-state index contributed by atoms with van der Waals surface area (Å²) in [5, 5.41) is 4.00. The van der Waals surface area contributed by atoms with Crippen LogP contribution in [0.15, 0.2) is 47.3 Å². The molecule has 1 aromatic heterocycles. The van der Waals surface area contributed by atoms with Crippen LogP contribution in [0.2, 0.25) is 5.02 Å². The summed E-state index contributed by atoms with van der Waals surface area (Å²) in [5.74, 6) is 1.40. The van der Waals surface area contributed by atoms with Gasteiger partial charge >= 0.3 is 0 Å². The topological polar surface area (TPSA) is 76.5 Å². The van der Waals surface area contributed by atoms with E-state index in [0.717, 1.165) is 26.1 Å². The van der Waals surface area contributed by atoms with Crippen LogP contribution in [-0.2, 0) is 16.1 Å². The predicted molar refractivity (Wildman–Crippen MR) is 154 cm³/mol. The molecule has 1 amide bonds. The maximum absolute atomic E-state index is 13.8. The highest BCUT2D eigenvalue weighted by molar-refractivity contribution is 6.30. The van der Waals surface area contributed by atoms with Gasteiger partial charge in [0.2, 0.25) is 5.91 Å². The number of halogens is 1. The van der Waals surface area contributed by atoms with Gasteiger partial charge in [0.1, 0.15) is 12.4 Å². The number of ether oxygens (including phenoxy) is 1. The van der Waals surface area contributed by atoms with E-state index in [1.165, 1.54) is 42.6 Å². The van der Waals surface area contributed by atoms with Crippen molar-refractivity contribution in [1.29, 1.82) is 0 Å². The molecule has 2 aliphatic heterocycles. The summed E-state index contributed by atoms with van der Waals surface area (Å²) in [6.07, 6.45) is 4.71. The van der Waals surface area contributed by atoms with Crippen molar-refractivity contribution in [3.63, 3.8) is 0 Å². The standard InChI is InChI=1S/C31H37ClN4O3/c1-20(2)33-28(37)17-36-29(23-4-3-5-25(32)14-23)34-27-7-6-22(15-26(27)30(36)38)24-12-21(13-24)16-35-18-31(19-35)8-10-39-11-9-31/h3-7,14-15,20-21,24H,8-13,16-19H2,1-2H3,(H,33,37)/t21-,24-. The summed E-state index contributed by atoms with van der Waals surface area (Å²) in [6.45, 7) is 9.16. The number of carbonyl (C=O) groups is 1. The van der Waals surface area contributed by atoms with Crippen molar-refractivity contribution in [3.05, 3.63) is 63.4 Å². The monoisotopic (exact) mass is 548 g/mol. The van der Waals surface area contributed by atoms with E-state index in [9.17, 15) is 9.59 Å². The molecule has 2 saturated heterocycles. The van der Waals surface area contributed by atoms with Crippen LogP contribution < -0.4 is 10.9 Å². The molecule has 3 heterocycles. The third-order valence-electron chi connectivity index (χ3n) is 8.71. The fourth-order valence-electron chi connectivity index (χ4n) is 6.67. The van der Waals surface area contributed by atoms with Crippen molar-refractivity contribution in [3.8, 4) is 11.4 Å². The quantitative estimate of drug-likeness (QED) is 0.457. The maximum atomic E-state index is 13.8. The van der Waals surface area contributed by atoms with E-state index < -0.39 is 0 Å². The lowest BCUT2D eigenvalue weighted by atomic mass is 9.68. The first kappa shape index (κ1) is 26.5. The second kappa shape index (κ2) is 10.7. The van der Waals surface area contributed by atoms with Crippen molar-refractivity contribution in [2.75, 3.05) is 32.8 Å². The Bertz CT molecular complexity index is 1430. The highest BCUT2D eigenvalue weighted by Gasteiger charge is 2.45. The van der Waals surface area contributed by atoms with Crippen LogP contribution in [0, 0.1) is 11.3 Å². The Morgan fingerprint density at radius 1 is 1.15 bits per heavy atom. The number of hydrogen-bond donors (Lipinski definition) is 1. The molecule has 2 aromatic carbocycles. The van der Waals surface area contributed by atoms with Crippen molar-refractivity contribution >= 4 is 28.4 Å². The minimum atomic E-state index is -0.219. The van der Waals surface area contributed by atoms with Gasteiger partial charge in [-0.1, -0.05) is 29.8 Å². The van der Waals surface area contributed by atoms with E-state index in [2.05, 4.69) is 16.3 Å². The molecule has 206 valence electrons. The molecule has 1 N–H and O–H groups in total. The Labute approximate surface area is 234 Å². The number of likely N-dealkylation sites (tertiary alicyclic amines) is 1. The van der Waals surface area contributed by atoms with Crippen LogP contribution in [-0.4, -0.2) is 59.2 Å². The highest BCUT2D eigenvalue weighted by Crippen LogP contribution is 2.45. The van der Waals surface area contributed by atoms with Crippen LogP contribution in [0.3, 0.4) is 0 Å². The second-order valence-electron chi connectivity index (χ2n) is 12.2. The lowest BCUT2D eigenvalue weighted by Crippen LogP contribution is -2.59. The minimum absolute atomic E-state index is 0.0205. The van der Waals surface area contributed by atoms with Gasteiger partial charge in [-0.25, -0.2) is 4.98 Å². The fraction of sp³-hybridized carbons (Fsp3) is 0.516. The van der Waals surface area contributed by atoms with Crippen molar-refractivity contribution in [2.45, 2.75) is 58.0 Å². The molecule has 1 aliphatic carbocycles. The summed E-state index contributed by atoms with van der Waals surface area (Å²) in [5.41, 5.74) is 2.85. The van der Waals surface area contributed by atoms with Crippen LogP contribution >= 0.6 is 11.6 Å². The highest BCUT2D eigenvalue weighted by atomic mass is 35.5. The molecule has 0 radical (unpaired) electrons. The zero-order chi connectivity index (χ0) is 27.1. The van der Waals surface area contributed by atoms with Gasteiger partial charge < -0.3 is 15.0 Å². The number of amides is 1. The first-order valence-corrected chi connectivity index (χ1v) is 14.6. The lowest BCUT2D eigenvalue weighted by Gasteiger charge is -2.54. The van der Waals surface area contributed by atoms with E-state index in [1.807, 2.05) is 38.1 Å². The van der Waals surface area contributed by atoms with E-state index in [1.54, 1.807) is 12.1 Å².